The topological polar surface area (TPSA) is 66.5 Å². The van der Waals surface area contributed by atoms with Crippen molar-refractivity contribution in [2.75, 3.05) is 18.2 Å². The van der Waals surface area contributed by atoms with Crippen molar-refractivity contribution in [2.24, 2.45) is 5.92 Å². The standard InChI is InChI=1S/C16H21ClN2O3S2/c1-12(2)9-18-16(20)15-10-23-11-19(15)24(21,22)8-7-13-3-5-14(17)6-4-13/h3-8,12,15H,9-11H2,1-2H3,(H,18,20)/b8-7+. The lowest BCUT2D eigenvalue weighted by Crippen LogP contribution is -2.47. The van der Waals surface area contributed by atoms with Crippen LogP contribution in [-0.4, -0.2) is 42.8 Å². The van der Waals surface area contributed by atoms with Gasteiger partial charge in [0, 0.05) is 22.7 Å². The second-order valence-electron chi connectivity index (χ2n) is 5.94. The van der Waals surface area contributed by atoms with E-state index in [4.69, 9.17) is 11.6 Å². The largest absolute Gasteiger partial charge is 0.354 e. The van der Waals surface area contributed by atoms with Crippen molar-refractivity contribution in [2.45, 2.75) is 19.9 Å². The lowest BCUT2D eigenvalue weighted by Gasteiger charge is -2.21. The molecular weight excluding hydrogens is 368 g/mol. The first kappa shape index (κ1) is 19.3. The first-order valence-electron chi connectivity index (χ1n) is 7.60. The number of amides is 1. The zero-order valence-corrected chi connectivity index (χ0v) is 16.0. The maximum Gasteiger partial charge on any atom is 0.239 e. The number of benzene rings is 1. The highest BCUT2D eigenvalue weighted by Gasteiger charge is 2.37. The number of carbonyl (C=O) groups excluding carboxylic acids is 1. The molecule has 1 aromatic carbocycles. The van der Waals surface area contributed by atoms with Crippen LogP contribution in [0.25, 0.3) is 6.08 Å². The molecule has 1 heterocycles. The molecule has 24 heavy (non-hydrogen) atoms. The summed E-state index contributed by atoms with van der Waals surface area (Å²) in [4.78, 5) is 12.2. The molecule has 1 aliphatic heterocycles. The third-order valence-corrected chi connectivity index (χ3v) is 6.40. The summed E-state index contributed by atoms with van der Waals surface area (Å²) in [6, 6.07) is 6.21. The van der Waals surface area contributed by atoms with Gasteiger partial charge in [-0.1, -0.05) is 37.6 Å². The van der Waals surface area contributed by atoms with Crippen LogP contribution in [0.15, 0.2) is 29.7 Å². The predicted molar refractivity (Wildman–Crippen MR) is 100 cm³/mol. The molecule has 0 spiro atoms. The van der Waals surface area contributed by atoms with Crippen molar-refractivity contribution in [1.82, 2.24) is 9.62 Å². The number of sulfonamides is 1. The molecule has 1 fully saturated rings. The molecular formula is C16H21ClN2O3S2. The Morgan fingerprint density at radius 3 is 2.71 bits per heavy atom. The van der Waals surface area contributed by atoms with Crippen molar-refractivity contribution in [3.8, 4) is 0 Å². The predicted octanol–water partition coefficient (Wildman–Crippen LogP) is 2.79. The van der Waals surface area contributed by atoms with E-state index in [9.17, 15) is 13.2 Å². The number of halogens is 1. The highest BCUT2D eigenvalue weighted by molar-refractivity contribution is 8.01. The molecule has 132 valence electrons. The van der Waals surface area contributed by atoms with Crippen molar-refractivity contribution in [3.63, 3.8) is 0 Å². The van der Waals surface area contributed by atoms with Crippen LogP contribution in [0.2, 0.25) is 5.02 Å². The second-order valence-corrected chi connectivity index (χ2v) is 9.15. The van der Waals surface area contributed by atoms with Crippen molar-refractivity contribution < 1.29 is 13.2 Å². The Morgan fingerprint density at radius 1 is 1.42 bits per heavy atom. The fourth-order valence-electron chi connectivity index (χ4n) is 2.12. The van der Waals surface area contributed by atoms with E-state index in [1.807, 2.05) is 13.8 Å². The van der Waals surface area contributed by atoms with E-state index >= 15 is 0 Å². The smallest absolute Gasteiger partial charge is 0.239 e. The first-order valence-corrected chi connectivity index (χ1v) is 10.6. The zero-order chi connectivity index (χ0) is 17.7. The molecule has 0 aliphatic carbocycles. The van der Waals surface area contributed by atoms with Crippen molar-refractivity contribution in [3.05, 3.63) is 40.3 Å². The lowest BCUT2D eigenvalue weighted by molar-refractivity contribution is -0.123. The molecule has 1 saturated heterocycles. The molecule has 1 unspecified atom stereocenters. The van der Waals surface area contributed by atoms with Gasteiger partial charge in [-0.25, -0.2) is 8.42 Å². The van der Waals surface area contributed by atoms with Gasteiger partial charge in [0.15, 0.2) is 0 Å². The molecule has 1 atom stereocenters. The summed E-state index contributed by atoms with van der Waals surface area (Å²) < 4.78 is 26.3. The number of carbonyl (C=O) groups is 1. The maximum atomic E-state index is 12.5. The van der Waals surface area contributed by atoms with Crippen LogP contribution in [0.4, 0.5) is 0 Å². The van der Waals surface area contributed by atoms with Gasteiger partial charge in [-0.3, -0.25) is 4.79 Å². The van der Waals surface area contributed by atoms with Gasteiger partial charge < -0.3 is 5.32 Å². The van der Waals surface area contributed by atoms with E-state index in [0.29, 0.717) is 23.2 Å². The van der Waals surface area contributed by atoms with E-state index in [0.717, 1.165) is 11.0 Å². The molecule has 1 amide bonds. The molecule has 2 rings (SSSR count). The van der Waals surface area contributed by atoms with Gasteiger partial charge in [0.1, 0.15) is 6.04 Å². The Labute approximate surface area is 152 Å². The van der Waals surface area contributed by atoms with Crippen LogP contribution in [0.5, 0.6) is 0 Å². The number of nitrogens with zero attached hydrogens (tertiary/aromatic N) is 1. The Kier molecular flexibility index (Phi) is 6.74. The molecule has 1 N–H and O–H groups in total. The normalized spacial score (nSPS) is 19.2. The Morgan fingerprint density at radius 2 is 2.08 bits per heavy atom. The van der Waals surface area contributed by atoms with E-state index in [-0.39, 0.29) is 11.8 Å². The van der Waals surface area contributed by atoms with Crippen LogP contribution in [0.1, 0.15) is 19.4 Å². The van der Waals surface area contributed by atoms with Crippen LogP contribution < -0.4 is 5.32 Å². The molecule has 0 aromatic heterocycles. The summed E-state index contributed by atoms with van der Waals surface area (Å²) in [7, 11) is -3.66. The van der Waals surface area contributed by atoms with Gasteiger partial charge in [0.25, 0.3) is 0 Å². The van der Waals surface area contributed by atoms with E-state index in [1.165, 1.54) is 22.1 Å². The van der Waals surface area contributed by atoms with Gasteiger partial charge >= 0.3 is 0 Å². The third-order valence-electron chi connectivity index (χ3n) is 3.46. The molecule has 1 aliphatic rings. The summed E-state index contributed by atoms with van der Waals surface area (Å²) in [5.74, 6) is 0.834. The molecule has 0 radical (unpaired) electrons. The van der Waals surface area contributed by atoms with Crippen molar-refractivity contribution in [1.29, 1.82) is 0 Å². The van der Waals surface area contributed by atoms with Gasteiger partial charge in [-0.2, -0.15) is 4.31 Å². The summed E-state index contributed by atoms with van der Waals surface area (Å²) in [6.07, 6.45) is 1.51. The van der Waals surface area contributed by atoms with Crippen LogP contribution in [-0.2, 0) is 14.8 Å². The highest BCUT2D eigenvalue weighted by Crippen LogP contribution is 2.25. The number of hydrogen-bond acceptors (Lipinski definition) is 4. The summed E-state index contributed by atoms with van der Waals surface area (Å²) in [6.45, 7) is 4.52. The molecule has 8 heteroatoms. The van der Waals surface area contributed by atoms with Gasteiger partial charge in [0.2, 0.25) is 15.9 Å². The number of rotatable bonds is 6. The fraction of sp³-hybridized carbons (Fsp3) is 0.438. The first-order chi connectivity index (χ1) is 11.3. The van der Waals surface area contributed by atoms with Crippen LogP contribution in [0.3, 0.4) is 0 Å². The maximum absolute atomic E-state index is 12.5. The Hall–Kier alpha value is -1.02. The lowest BCUT2D eigenvalue weighted by atomic mass is 10.2. The molecule has 0 bridgehead atoms. The van der Waals surface area contributed by atoms with E-state index < -0.39 is 16.1 Å². The summed E-state index contributed by atoms with van der Waals surface area (Å²) in [5.41, 5.74) is 0.732. The van der Waals surface area contributed by atoms with Crippen molar-refractivity contribution >= 4 is 45.4 Å². The minimum Gasteiger partial charge on any atom is -0.354 e. The van der Waals surface area contributed by atoms with Gasteiger partial charge in [-0.15, -0.1) is 11.8 Å². The molecule has 5 nitrogen and oxygen atoms in total. The summed E-state index contributed by atoms with van der Waals surface area (Å²) in [5, 5.41) is 4.54. The Balaban J connectivity index is 2.09. The average Bonchev–Trinajstić information content (AvgIpc) is 3.02. The van der Waals surface area contributed by atoms with E-state index in [1.54, 1.807) is 24.3 Å². The summed E-state index contributed by atoms with van der Waals surface area (Å²) >= 11 is 7.25. The number of nitrogens with one attached hydrogen (secondary N) is 1. The monoisotopic (exact) mass is 388 g/mol. The fourth-order valence-corrected chi connectivity index (χ4v) is 5.19. The van der Waals surface area contributed by atoms with E-state index in [2.05, 4.69) is 5.32 Å². The van der Waals surface area contributed by atoms with Crippen LogP contribution in [0, 0.1) is 5.92 Å². The third kappa shape index (κ3) is 5.24. The number of thioether (sulfide) groups is 1. The SMILES string of the molecule is CC(C)CNC(=O)C1CSCN1S(=O)(=O)/C=C/c1ccc(Cl)cc1. The van der Waals surface area contributed by atoms with Gasteiger partial charge in [0.05, 0.1) is 5.88 Å². The average molecular weight is 389 g/mol. The quantitative estimate of drug-likeness (QED) is 0.813. The van der Waals surface area contributed by atoms with Gasteiger partial charge in [-0.05, 0) is 29.7 Å². The molecule has 0 saturated carbocycles. The minimum absolute atomic E-state index is 0.239. The Bertz CT molecular complexity index is 703. The van der Waals surface area contributed by atoms with Crippen LogP contribution >= 0.6 is 23.4 Å². The molecule has 1 aromatic rings. The second kappa shape index (κ2) is 8.38. The number of hydrogen-bond donors (Lipinski definition) is 1. The highest BCUT2D eigenvalue weighted by atomic mass is 35.5. The minimum atomic E-state index is -3.66. The zero-order valence-electron chi connectivity index (χ0n) is 13.6.